The minimum absolute atomic E-state index is 0.105. The van der Waals surface area contributed by atoms with Crippen LogP contribution in [-0.2, 0) is 0 Å². The Morgan fingerprint density at radius 1 is 1.39 bits per heavy atom. The highest BCUT2D eigenvalue weighted by molar-refractivity contribution is 6.30. The van der Waals surface area contributed by atoms with Gasteiger partial charge in [-0.3, -0.25) is 4.79 Å². The van der Waals surface area contributed by atoms with E-state index in [0.29, 0.717) is 16.0 Å². The van der Waals surface area contributed by atoms with E-state index in [1.54, 1.807) is 12.1 Å². The summed E-state index contributed by atoms with van der Waals surface area (Å²) < 4.78 is 0. The lowest BCUT2D eigenvalue weighted by Gasteiger charge is -2.52. The standard InChI is InChI=1S/C14H17ClN2O/c15-12-4-1-3-11(7-12)13(18)17-9-14(10-17)5-2-6-16-8-14/h1,3-4,7,16H,2,5-6,8-10H2. The van der Waals surface area contributed by atoms with Crippen molar-refractivity contribution in [2.24, 2.45) is 5.41 Å². The Morgan fingerprint density at radius 2 is 2.22 bits per heavy atom. The first-order chi connectivity index (χ1) is 8.69. The maximum absolute atomic E-state index is 12.3. The summed E-state index contributed by atoms with van der Waals surface area (Å²) in [5.41, 5.74) is 1.04. The Morgan fingerprint density at radius 3 is 2.89 bits per heavy atom. The fourth-order valence-electron chi connectivity index (χ4n) is 3.01. The number of likely N-dealkylation sites (tertiary alicyclic amines) is 1. The fourth-order valence-corrected chi connectivity index (χ4v) is 3.20. The molecule has 2 aliphatic heterocycles. The molecule has 2 saturated heterocycles. The Labute approximate surface area is 112 Å². The van der Waals surface area contributed by atoms with Gasteiger partial charge in [-0.25, -0.2) is 0 Å². The molecule has 1 amide bonds. The van der Waals surface area contributed by atoms with Gasteiger partial charge in [-0.2, -0.15) is 0 Å². The second-order valence-electron chi connectivity index (χ2n) is 5.45. The van der Waals surface area contributed by atoms with Gasteiger partial charge in [0.1, 0.15) is 0 Å². The molecule has 18 heavy (non-hydrogen) atoms. The molecule has 0 saturated carbocycles. The van der Waals surface area contributed by atoms with Crippen molar-refractivity contribution in [2.45, 2.75) is 12.8 Å². The molecule has 0 radical (unpaired) electrons. The van der Waals surface area contributed by atoms with Crippen LogP contribution in [0.25, 0.3) is 0 Å². The van der Waals surface area contributed by atoms with Gasteiger partial charge in [0.25, 0.3) is 5.91 Å². The van der Waals surface area contributed by atoms with Gasteiger partial charge in [0.05, 0.1) is 0 Å². The maximum Gasteiger partial charge on any atom is 0.253 e. The zero-order chi connectivity index (χ0) is 12.6. The number of nitrogens with zero attached hydrogens (tertiary/aromatic N) is 1. The van der Waals surface area contributed by atoms with E-state index in [1.165, 1.54) is 12.8 Å². The SMILES string of the molecule is O=C(c1cccc(Cl)c1)N1CC2(CCCNC2)C1. The highest BCUT2D eigenvalue weighted by Gasteiger charge is 2.45. The first-order valence-corrected chi connectivity index (χ1v) is 6.82. The summed E-state index contributed by atoms with van der Waals surface area (Å²) in [7, 11) is 0. The van der Waals surface area contributed by atoms with Crippen LogP contribution in [0.1, 0.15) is 23.2 Å². The molecule has 3 nitrogen and oxygen atoms in total. The van der Waals surface area contributed by atoms with Crippen LogP contribution >= 0.6 is 11.6 Å². The van der Waals surface area contributed by atoms with Crippen molar-refractivity contribution < 1.29 is 4.79 Å². The molecule has 1 N–H and O–H groups in total. The van der Waals surface area contributed by atoms with Gasteiger partial charge in [0.2, 0.25) is 0 Å². The van der Waals surface area contributed by atoms with Crippen molar-refractivity contribution in [1.82, 2.24) is 10.2 Å². The molecule has 1 aromatic rings. The van der Waals surface area contributed by atoms with E-state index >= 15 is 0 Å². The lowest BCUT2D eigenvalue weighted by molar-refractivity contribution is -0.00722. The van der Waals surface area contributed by atoms with E-state index in [2.05, 4.69) is 5.32 Å². The molecule has 1 aromatic carbocycles. The fraction of sp³-hybridized carbons (Fsp3) is 0.500. The number of carbonyl (C=O) groups is 1. The summed E-state index contributed by atoms with van der Waals surface area (Å²) in [5.74, 6) is 0.105. The van der Waals surface area contributed by atoms with Crippen molar-refractivity contribution in [2.75, 3.05) is 26.2 Å². The Hall–Kier alpha value is -1.06. The normalized spacial score (nSPS) is 21.7. The highest BCUT2D eigenvalue weighted by atomic mass is 35.5. The van der Waals surface area contributed by atoms with Gasteiger partial charge in [0.15, 0.2) is 0 Å². The lowest BCUT2D eigenvalue weighted by atomic mass is 9.74. The summed E-state index contributed by atoms with van der Waals surface area (Å²) in [6.45, 7) is 3.92. The minimum atomic E-state index is 0.105. The monoisotopic (exact) mass is 264 g/mol. The van der Waals surface area contributed by atoms with Gasteiger partial charge < -0.3 is 10.2 Å². The second-order valence-corrected chi connectivity index (χ2v) is 5.89. The van der Waals surface area contributed by atoms with Crippen LogP contribution in [0, 0.1) is 5.41 Å². The number of hydrogen-bond donors (Lipinski definition) is 1. The van der Waals surface area contributed by atoms with Crippen molar-refractivity contribution in [1.29, 1.82) is 0 Å². The van der Waals surface area contributed by atoms with E-state index in [-0.39, 0.29) is 5.91 Å². The van der Waals surface area contributed by atoms with E-state index in [4.69, 9.17) is 11.6 Å². The second kappa shape index (κ2) is 4.56. The third-order valence-corrected chi connectivity index (χ3v) is 4.21. The van der Waals surface area contributed by atoms with Crippen LogP contribution in [0.4, 0.5) is 0 Å². The van der Waals surface area contributed by atoms with Crippen molar-refractivity contribution in [3.63, 3.8) is 0 Å². The Balaban J connectivity index is 1.66. The average Bonchev–Trinajstić information content (AvgIpc) is 2.36. The number of rotatable bonds is 1. The van der Waals surface area contributed by atoms with Crippen LogP contribution in [0.2, 0.25) is 5.02 Å². The van der Waals surface area contributed by atoms with Crippen LogP contribution < -0.4 is 5.32 Å². The topological polar surface area (TPSA) is 32.3 Å². The van der Waals surface area contributed by atoms with Crippen molar-refractivity contribution in [3.8, 4) is 0 Å². The van der Waals surface area contributed by atoms with Crippen molar-refractivity contribution in [3.05, 3.63) is 34.9 Å². The summed E-state index contributed by atoms with van der Waals surface area (Å²) >= 11 is 5.92. The van der Waals surface area contributed by atoms with Crippen LogP contribution in [-0.4, -0.2) is 37.0 Å². The predicted octanol–water partition coefficient (Wildman–Crippen LogP) is 2.17. The van der Waals surface area contributed by atoms with E-state index < -0.39 is 0 Å². The molecule has 4 heteroatoms. The molecule has 1 spiro atoms. The number of nitrogens with one attached hydrogen (secondary N) is 1. The van der Waals surface area contributed by atoms with Crippen molar-refractivity contribution >= 4 is 17.5 Å². The first-order valence-electron chi connectivity index (χ1n) is 6.44. The third-order valence-electron chi connectivity index (χ3n) is 3.97. The molecule has 2 heterocycles. The number of hydrogen-bond acceptors (Lipinski definition) is 2. The Bertz CT molecular complexity index is 461. The largest absolute Gasteiger partial charge is 0.337 e. The maximum atomic E-state index is 12.3. The number of benzene rings is 1. The third kappa shape index (κ3) is 2.13. The molecule has 2 fully saturated rings. The molecular weight excluding hydrogens is 248 g/mol. The van der Waals surface area contributed by atoms with Gasteiger partial charge in [-0.1, -0.05) is 17.7 Å². The minimum Gasteiger partial charge on any atom is -0.337 e. The van der Waals surface area contributed by atoms with E-state index in [1.807, 2.05) is 17.0 Å². The zero-order valence-corrected chi connectivity index (χ0v) is 11.0. The summed E-state index contributed by atoms with van der Waals surface area (Å²) in [4.78, 5) is 14.2. The summed E-state index contributed by atoms with van der Waals surface area (Å²) in [5, 5.41) is 4.05. The van der Waals surface area contributed by atoms with Gasteiger partial charge in [-0.15, -0.1) is 0 Å². The van der Waals surface area contributed by atoms with E-state index in [0.717, 1.165) is 26.2 Å². The molecule has 0 aromatic heterocycles. The number of halogens is 1. The quantitative estimate of drug-likeness (QED) is 0.843. The number of amides is 1. The summed E-state index contributed by atoms with van der Waals surface area (Å²) in [6, 6.07) is 7.20. The smallest absolute Gasteiger partial charge is 0.253 e. The predicted molar refractivity (Wildman–Crippen MR) is 71.9 cm³/mol. The molecule has 96 valence electrons. The van der Waals surface area contributed by atoms with Gasteiger partial charge >= 0.3 is 0 Å². The molecule has 3 rings (SSSR count). The van der Waals surface area contributed by atoms with Gasteiger partial charge in [0, 0.05) is 35.6 Å². The molecule has 2 aliphatic rings. The van der Waals surface area contributed by atoms with Crippen LogP contribution in [0.5, 0.6) is 0 Å². The molecule has 0 unspecified atom stereocenters. The number of carbonyl (C=O) groups excluding carboxylic acids is 1. The lowest BCUT2D eigenvalue weighted by Crippen LogP contribution is -2.63. The average molecular weight is 265 g/mol. The number of piperidine rings is 1. The highest BCUT2D eigenvalue weighted by Crippen LogP contribution is 2.37. The van der Waals surface area contributed by atoms with E-state index in [9.17, 15) is 4.79 Å². The Kier molecular flexibility index (Phi) is 3.04. The van der Waals surface area contributed by atoms with Crippen LogP contribution in [0.15, 0.2) is 24.3 Å². The van der Waals surface area contributed by atoms with Gasteiger partial charge in [-0.05, 0) is 37.6 Å². The van der Waals surface area contributed by atoms with Crippen LogP contribution in [0.3, 0.4) is 0 Å². The first kappa shape index (κ1) is 12.0. The molecule has 0 aliphatic carbocycles. The molecule has 0 bridgehead atoms. The summed E-state index contributed by atoms with van der Waals surface area (Å²) in [6.07, 6.45) is 2.46. The molecular formula is C14H17ClN2O. The molecule has 0 atom stereocenters. The zero-order valence-electron chi connectivity index (χ0n) is 10.3.